The average molecular weight is 264 g/mol. The van der Waals surface area contributed by atoms with Crippen LogP contribution in [-0.2, 0) is 0 Å². The van der Waals surface area contributed by atoms with E-state index in [9.17, 15) is 14.9 Å². The van der Waals surface area contributed by atoms with Crippen molar-refractivity contribution in [2.24, 2.45) is 0 Å². The largest absolute Gasteiger partial charge is 0.477 e. The lowest BCUT2D eigenvalue weighted by Gasteiger charge is -2.00. The fraction of sp³-hybridized carbons (Fsp3) is 0. The molecule has 1 aromatic heterocycles. The van der Waals surface area contributed by atoms with Crippen molar-refractivity contribution in [3.8, 4) is 11.1 Å². The number of nitrogens with two attached hydrogens (primary N) is 1. The van der Waals surface area contributed by atoms with Gasteiger partial charge in [0.2, 0.25) is 0 Å². The van der Waals surface area contributed by atoms with E-state index in [0.29, 0.717) is 11.1 Å². The second-order valence-electron chi connectivity index (χ2n) is 3.50. The highest BCUT2D eigenvalue weighted by molar-refractivity contribution is 7.13. The molecule has 0 saturated heterocycles. The Morgan fingerprint density at radius 3 is 2.72 bits per heavy atom. The van der Waals surface area contributed by atoms with Crippen LogP contribution < -0.4 is 5.73 Å². The number of anilines is 1. The number of carbonyl (C=O) groups is 1. The molecule has 6 nitrogen and oxygen atoms in total. The second-order valence-corrected chi connectivity index (χ2v) is 4.38. The average Bonchev–Trinajstić information content (AvgIpc) is 2.71. The summed E-state index contributed by atoms with van der Waals surface area (Å²) < 4.78 is 0. The van der Waals surface area contributed by atoms with E-state index in [-0.39, 0.29) is 16.3 Å². The van der Waals surface area contributed by atoms with Crippen molar-refractivity contribution in [2.45, 2.75) is 0 Å². The predicted molar refractivity (Wildman–Crippen MR) is 67.8 cm³/mol. The van der Waals surface area contributed by atoms with E-state index in [1.54, 1.807) is 11.4 Å². The lowest BCUT2D eigenvalue weighted by Crippen LogP contribution is -1.98. The number of hydrogen-bond acceptors (Lipinski definition) is 5. The summed E-state index contributed by atoms with van der Waals surface area (Å²) in [4.78, 5) is 21.1. The first-order valence-electron chi connectivity index (χ1n) is 4.86. The third-order valence-electron chi connectivity index (χ3n) is 2.39. The molecule has 7 heteroatoms. The Hall–Kier alpha value is -2.41. The molecule has 0 amide bonds. The van der Waals surface area contributed by atoms with E-state index in [1.807, 2.05) is 0 Å². The van der Waals surface area contributed by atoms with Crippen molar-refractivity contribution in [2.75, 3.05) is 5.73 Å². The number of nitro groups is 1. The molecule has 0 spiro atoms. The Kier molecular flexibility index (Phi) is 2.99. The monoisotopic (exact) mass is 264 g/mol. The van der Waals surface area contributed by atoms with Crippen LogP contribution in [0.5, 0.6) is 0 Å². The van der Waals surface area contributed by atoms with Gasteiger partial charge in [-0.25, -0.2) is 4.79 Å². The Morgan fingerprint density at radius 1 is 1.44 bits per heavy atom. The van der Waals surface area contributed by atoms with Gasteiger partial charge in [0.25, 0.3) is 5.69 Å². The third-order valence-corrected chi connectivity index (χ3v) is 3.38. The van der Waals surface area contributed by atoms with Crippen LogP contribution in [0.25, 0.3) is 11.1 Å². The van der Waals surface area contributed by atoms with Gasteiger partial charge in [0, 0.05) is 23.1 Å². The highest BCUT2D eigenvalue weighted by Crippen LogP contribution is 2.35. The maximum Gasteiger partial charge on any atom is 0.348 e. The van der Waals surface area contributed by atoms with E-state index >= 15 is 0 Å². The van der Waals surface area contributed by atoms with Crippen LogP contribution in [0.15, 0.2) is 29.6 Å². The molecule has 0 saturated carbocycles. The summed E-state index contributed by atoms with van der Waals surface area (Å²) in [6.07, 6.45) is 0. The number of aromatic carboxylic acids is 1. The van der Waals surface area contributed by atoms with Crippen LogP contribution in [0.2, 0.25) is 0 Å². The SMILES string of the molecule is Nc1c(-c2cccc([N+](=O)[O-])c2)csc1C(=O)O. The molecular formula is C11H8N2O4S. The van der Waals surface area contributed by atoms with E-state index in [4.69, 9.17) is 10.8 Å². The van der Waals surface area contributed by atoms with Crippen LogP contribution >= 0.6 is 11.3 Å². The Balaban J connectivity index is 2.52. The minimum Gasteiger partial charge on any atom is -0.477 e. The molecule has 2 rings (SSSR count). The topological polar surface area (TPSA) is 106 Å². The summed E-state index contributed by atoms with van der Waals surface area (Å²) in [5.41, 5.74) is 6.83. The van der Waals surface area contributed by atoms with Crippen molar-refractivity contribution in [1.82, 2.24) is 0 Å². The van der Waals surface area contributed by atoms with Crippen LogP contribution in [0.3, 0.4) is 0 Å². The van der Waals surface area contributed by atoms with Crippen molar-refractivity contribution in [1.29, 1.82) is 0 Å². The first-order valence-corrected chi connectivity index (χ1v) is 5.73. The highest BCUT2D eigenvalue weighted by Gasteiger charge is 2.17. The standard InChI is InChI=1S/C11H8N2O4S/c12-9-8(5-18-10(9)11(14)15)6-2-1-3-7(4-6)13(16)17/h1-5H,12H2,(H,14,15). The minimum absolute atomic E-state index is 0.0384. The summed E-state index contributed by atoms with van der Waals surface area (Å²) in [7, 11) is 0. The molecule has 0 aliphatic heterocycles. The van der Waals surface area contributed by atoms with Gasteiger partial charge in [0.05, 0.1) is 10.6 Å². The summed E-state index contributed by atoms with van der Waals surface area (Å²) in [6, 6.07) is 5.91. The minimum atomic E-state index is -1.10. The number of nitro benzene ring substituents is 1. The van der Waals surface area contributed by atoms with Crippen molar-refractivity contribution in [3.63, 3.8) is 0 Å². The first kappa shape index (κ1) is 12.1. The van der Waals surface area contributed by atoms with Gasteiger partial charge in [-0.1, -0.05) is 12.1 Å². The molecule has 0 radical (unpaired) electrons. The second kappa shape index (κ2) is 4.46. The highest BCUT2D eigenvalue weighted by atomic mass is 32.1. The van der Waals surface area contributed by atoms with Gasteiger partial charge in [-0.15, -0.1) is 11.3 Å². The van der Waals surface area contributed by atoms with Gasteiger partial charge in [0.15, 0.2) is 0 Å². The van der Waals surface area contributed by atoms with Crippen molar-refractivity contribution < 1.29 is 14.8 Å². The fourth-order valence-electron chi connectivity index (χ4n) is 1.54. The van der Waals surface area contributed by atoms with E-state index < -0.39 is 10.9 Å². The fourth-order valence-corrected chi connectivity index (χ4v) is 2.38. The predicted octanol–water partition coefficient (Wildman–Crippen LogP) is 2.60. The van der Waals surface area contributed by atoms with Crippen molar-refractivity contribution >= 4 is 28.7 Å². The molecule has 2 aromatic rings. The number of carboxylic acid groups (broad SMARTS) is 1. The molecule has 3 N–H and O–H groups in total. The zero-order valence-corrected chi connectivity index (χ0v) is 9.81. The maximum atomic E-state index is 10.9. The molecule has 0 aliphatic carbocycles. The van der Waals surface area contributed by atoms with E-state index in [1.165, 1.54) is 18.2 Å². The summed E-state index contributed by atoms with van der Waals surface area (Å²) in [5.74, 6) is -1.10. The van der Waals surface area contributed by atoms with Crippen molar-refractivity contribution in [3.05, 3.63) is 44.6 Å². The number of non-ortho nitro benzene ring substituents is 1. The number of hydrogen-bond donors (Lipinski definition) is 2. The smallest absolute Gasteiger partial charge is 0.348 e. The lowest BCUT2D eigenvalue weighted by atomic mass is 10.1. The molecule has 0 atom stereocenters. The summed E-state index contributed by atoms with van der Waals surface area (Å²) >= 11 is 0.999. The molecular weight excluding hydrogens is 256 g/mol. The molecule has 0 aliphatic rings. The number of nitrogens with zero attached hydrogens (tertiary/aromatic N) is 1. The van der Waals surface area contributed by atoms with Crippen LogP contribution in [0, 0.1) is 10.1 Å². The van der Waals surface area contributed by atoms with Crippen LogP contribution in [0.1, 0.15) is 9.67 Å². The Labute approximate surface area is 105 Å². The number of benzene rings is 1. The molecule has 0 fully saturated rings. The van der Waals surface area contributed by atoms with Gasteiger partial charge >= 0.3 is 5.97 Å². The number of nitrogen functional groups attached to an aromatic ring is 1. The quantitative estimate of drug-likeness (QED) is 0.654. The lowest BCUT2D eigenvalue weighted by molar-refractivity contribution is -0.384. The molecule has 18 heavy (non-hydrogen) atoms. The molecule has 0 unspecified atom stereocenters. The molecule has 1 heterocycles. The van der Waals surface area contributed by atoms with E-state index in [0.717, 1.165) is 11.3 Å². The Morgan fingerprint density at radius 2 is 2.17 bits per heavy atom. The van der Waals surface area contributed by atoms with E-state index in [2.05, 4.69) is 0 Å². The zero-order valence-electron chi connectivity index (χ0n) is 8.99. The molecule has 0 bridgehead atoms. The van der Waals surface area contributed by atoms with Crippen LogP contribution in [0.4, 0.5) is 11.4 Å². The first-order chi connectivity index (χ1) is 8.50. The van der Waals surface area contributed by atoms with Gasteiger partial charge < -0.3 is 10.8 Å². The van der Waals surface area contributed by atoms with Gasteiger partial charge in [-0.3, -0.25) is 10.1 Å². The summed E-state index contributed by atoms with van der Waals surface area (Å²) in [5, 5.41) is 21.1. The number of carboxylic acids is 1. The van der Waals surface area contributed by atoms with Gasteiger partial charge in [0.1, 0.15) is 4.88 Å². The Bertz CT molecular complexity index is 636. The van der Waals surface area contributed by atoms with Gasteiger partial charge in [-0.05, 0) is 5.56 Å². The molecule has 1 aromatic carbocycles. The number of rotatable bonds is 3. The van der Waals surface area contributed by atoms with Gasteiger partial charge in [-0.2, -0.15) is 0 Å². The maximum absolute atomic E-state index is 10.9. The number of thiophene rings is 1. The normalized spacial score (nSPS) is 10.2. The third kappa shape index (κ3) is 2.03. The molecule has 92 valence electrons. The zero-order chi connectivity index (χ0) is 13.3. The summed E-state index contributed by atoms with van der Waals surface area (Å²) in [6.45, 7) is 0. The van der Waals surface area contributed by atoms with Crippen LogP contribution in [-0.4, -0.2) is 16.0 Å².